The molecule has 0 aromatic carbocycles. The van der Waals surface area contributed by atoms with E-state index < -0.39 is 55.4 Å². The minimum Gasteiger partial charge on any atom is -0.394 e. The Hall–Kier alpha value is -0.780. The highest BCUT2D eigenvalue weighted by Crippen LogP contribution is 2.35. The molecule has 1 saturated carbocycles. The summed E-state index contributed by atoms with van der Waals surface area (Å²) in [6.07, 6.45) is -4.59. The summed E-state index contributed by atoms with van der Waals surface area (Å²) in [7, 11) is 0. The summed E-state index contributed by atoms with van der Waals surface area (Å²) in [6, 6.07) is 0. The fourth-order valence-corrected chi connectivity index (χ4v) is 7.42. The molecule has 7 atom stereocenters. The molecule has 0 spiro atoms. The maximum atomic E-state index is 15.1. The summed E-state index contributed by atoms with van der Waals surface area (Å²) in [5.74, 6) is -0.556. The van der Waals surface area contributed by atoms with Crippen LogP contribution in [0.5, 0.6) is 0 Å². The number of halogens is 3. The smallest absolute Gasteiger partial charge is 0.223 e. The van der Waals surface area contributed by atoms with E-state index in [1.165, 1.54) is 0 Å². The van der Waals surface area contributed by atoms with Gasteiger partial charge in [-0.05, 0) is 50.5 Å². The van der Waals surface area contributed by atoms with Crippen molar-refractivity contribution in [2.75, 3.05) is 65.6 Å². The average Bonchev–Trinajstić information content (AvgIpc) is 3.53. The number of aliphatic hydroxyl groups excluding tert-OH is 5. The van der Waals surface area contributed by atoms with Gasteiger partial charge in [-0.3, -0.25) is 20.3 Å². The van der Waals surface area contributed by atoms with E-state index in [1.54, 1.807) is 4.90 Å². The van der Waals surface area contributed by atoms with Crippen LogP contribution in [0.3, 0.4) is 0 Å². The molecular weight excluding hydrogens is 628 g/mol. The van der Waals surface area contributed by atoms with Gasteiger partial charge in [-0.2, -0.15) is 0 Å². The van der Waals surface area contributed by atoms with Gasteiger partial charge in [0.2, 0.25) is 5.91 Å². The lowest BCUT2D eigenvalue weighted by atomic mass is 9.81. The lowest BCUT2D eigenvalue weighted by molar-refractivity contribution is -0.134. The average molecular weight is 684 g/mol. The minimum absolute atomic E-state index is 0.0606. The zero-order valence-electron chi connectivity index (χ0n) is 26.7. The molecule has 4 aliphatic rings. The van der Waals surface area contributed by atoms with E-state index in [9.17, 15) is 25.2 Å². The molecule has 12 nitrogen and oxygen atoms in total. The number of ether oxygens (including phenoxy) is 1. The van der Waals surface area contributed by atoms with Crippen molar-refractivity contribution in [2.24, 2.45) is 17.8 Å². The maximum Gasteiger partial charge on any atom is 0.223 e. The van der Waals surface area contributed by atoms with E-state index in [2.05, 4.69) is 20.9 Å². The molecule has 0 aromatic heterocycles. The summed E-state index contributed by atoms with van der Waals surface area (Å²) < 4.78 is 36.1. The molecule has 1 aliphatic carbocycles. The molecule has 3 aliphatic heterocycles. The molecule has 46 heavy (non-hydrogen) atoms. The summed E-state index contributed by atoms with van der Waals surface area (Å²) in [4.78, 5) is 17.0. The Bertz CT molecular complexity index is 893. The van der Waals surface area contributed by atoms with Crippen molar-refractivity contribution in [3.05, 3.63) is 0 Å². The van der Waals surface area contributed by atoms with Crippen LogP contribution < -0.4 is 16.0 Å². The Balaban J connectivity index is 1.06. The van der Waals surface area contributed by atoms with Gasteiger partial charge in [0.15, 0.2) is 0 Å². The normalized spacial score (nSPS) is 34.3. The fraction of sp³-hybridized carbons (Fsp3) is 0.968. The summed E-state index contributed by atoms with van der Waals surface area (Å²) in [6.45, 7) is 4.66. The van der Waals surface area contributed by atoms with Crippen molar-refractivity contribution in [3.8, 4) is 0 Å². The molecule has 8 N–H and O–H groups in total. The van der Waals surface area contributed by atoms with Gasteiger partial charge in [-0.15, -0.1) is 11.6 Å². The highest BCUT2D eigenvalue weighted by Gasteiger charge is 2.41. The molecule has 2 unspecified atom stereocenters. The lowest BCUT2D eigenvalue weighted by Gasteiger charge is -2.41. The van der Waals surface area contributed by atoms with Gasteiger partial charge in [-0.25, -0.2) is 8.78 Å². The van der Waals surface area contributed by atoms with Crippen molar-refractivity contribution in [1.82, 2.24) is 25.8 Å². The molecule has 4 rings (SSSR count). The van der Waals surface area contributed by atoms with Gasteiger partial charge in [0.25, 0.3) is 0 Å². The first-order chi connectivity index (χ1) is 22.0. The Kier molecular flexibility index (Phi) is 15.6. The van der Waals surface area contributed by atoms with E-state index in [0.29, 0.717) is 38.6 Å². The molecule has 0 aromatic rings. The summed E-state index contributed by atoms with van der Waals surface area (Å²) in [5, 5.41) is 58.0. The van der Waals surface area contributed by atoms with Crippen molar-refractivity contribution in [1.29, 1.82) is 0 Å². The van der Waals surface area contributed by atoms with Crippen LogP contribution >= 0.6 is 11.6 Å². The molecule has 0 bridgehead atoms. The monoisotopic (exact) mass is 683 g/mol. The first kappa shape index (κ1) is 38.0. The van der Waals surface area contributed by atoms with Crippen LogP contribution in [0.2, 0.25) is 0 Å². The SMILES string of the molecule is O=C(CC1C(F)CC(OCCCC2CCN(C3NCC(Cl)CN3)CC2)CC1F)N1CC[C@@H](CNC[C@H](O)[C@@H](O)[C@H](O)[C@H](O)CO)C1. The highest BCUT2D eigenvalue weighted by molar-refractivity contribution is 6.21. The summed E-state index contributed by atoms with van der Waals surface area (Å²) in [5.41, 5.74) is 0. The zero-order valence-corrected chi connectivity index (χ0v) is 27.5. The van der Waals surface area contributed by atoms with Crippen LogP contribution in [-0.2, 0) is 9.53 Å². The molecule has 3 saturated heterocycles. The van der Waals surface area contributed by atoms with Crippen molar-refractivity contribution in [2.45, 2.75) is 106 Å². The second-order valence-corrected chi connectivity index (χ2v) is 14.4. The number of likely N-dealkylation sites (tertiary alicyclic amines) is 2. The molecular formula is C31H56ClF2N5O7. The molecule has 268 valence electrons. The Labute approximate surface area is 276 Å². The Morgan fingerprint density at radius 2 is 1.59 bits per heavy atom. The predicted molar refractivity (Wildman–Crippen MR) is 169 cm³/mol. The molecule has 0 radical (unpaired) electrons. The third-order valence-corrected chi connectivity index (χ3v) is 10.6. The largest absolute Gasteiger partial charge is 0.394 e. The van der Waals surface area contributed by atoms with Gasteiger partial charge in [-0.1, -0.05) is 0 Å². The lowest BCUT2D eigenvalue weighted by Crippen LogP contribution is -2.62. The first-order valence-electron chi connectivity index (χ1n) is 17.1. The number of hydrogen-bond donors (Lipinski definition) is 8. The van der Waals surface area contributed by atoms with E-state index >= 15 is 8.78 Å². The van der Waals surface area contributed by atoms with Gasteiger partial charge in [0.05, 0.1) is 24.2 Å². The number of amides is 1. The van der Waals surface area contributed by atoms with Gasteiger partial charge < -0.3 is 40.5 Å². The zero-order chi connectivity index (χ0) is 33.2. The first-order valence-corrected chi connectivity index (χ1v) is 17.6. The fourth-order valence-electron chi connectivity index (χ4n) is 7.25. The van der Waals surface area contributed by atoms with Crippen LogP contribution in [0.15, 0.2) is 0 Å². The number of rotatable bonds is 16. The number of carbonyl (C=O) groups excluding carboxylic acids is 1. The number of aliphatic hydroxyl groups is 5. The Morgan fingerprint density at radius 3 is 2.24 bits per heavy atom. The molecule has 1 amide bonds. The third kappa shape index (κ3) is 11.1. The second kappa shape index (κ2) is 18.8. The number of nitrogens with one attached hydrogen (secondary N) is 3. The minimum atomic E-state index is -1.69. The number of hydrogen-bond acceptors (Lipinski definition) is 11. The quantitative estimate of drug-likeness (QED) is 0.0765. The van der Waals surface area contributed by atoms with Crippen molar-refractivity contribution in [3.63, 3.8) is 0 Å². The highest BCUT2D eigenvalue weighted by atomic mass is 35.5. The van der Waals surface area contributed by atoms with Gasteiger partial charge in [0.1, 0.15) is 36.9 Å². The second-order valence-electron chi connectivity index (χ2n) is 13.8. The van der Waals surface area contributed by atoms with Crippen LogP contribution in [0, 0.1) is 17.8 Å². The third-order valence-electron chi connectivity index (χ3n) is 10.3. The predicted octanol–water partition coefficient (Wildman–Crippen LogP) is -0.702. The number of carbonyl (C=O) groups is 1. The van der Waals surface area contributed by atoms with Crippen molar-refractivity contribution >= 4 is 17.5 Å². The van der Waals surface area contributed by atoms with Gasteiger partial charge in [0, 0.05) is 77.6 Å². The standard InChI is InChI=1S/C31H56ClF2N5O7/c32-21-14-36-31(37-15-21)38-6-3-19(4-7-38)2-1-9-46-22-10-24(33)23(25(34)11-22)12-28(43)39-8-5-20(17-39)13-35-16-26(41)29(44)30(45)27(42)18-40/h19-27,29-31,35-37,40-42,44-45H,1-18H2/t20-,21?,22?,23?,24?,25?,26-,27+,29+,30+,31?/m0/s1. The van der Waals surface area contributed by atoms with E-state index in [4.69, 9.17) is 21.4 Å². The molecule has 3 heterocycles. The summed E-state index contributed by atoms with van der Waals surface area (Å²) >= 11 is 6.14. The Morgan fingerprint density at radius 1 is 0.957 bits per heavy atom. The number of piperidine rings is 1. The van der Waals surface area contributed by atoms with Crippen LogP contribution in [-0.4, -0.2) is 161 Å². The van der Waals surface area contributed by atoms with E-state index in [-0.39, 0.29) is 49.3 Å². The molecule has 4 fully saturated rings. The van der Waals surface area contributed by atoms with E-state index in [0.717, 1.165) is 51.9 Å². The topological polar surface area (TPSA) is 170 Å². The van der Waals surface area contributed by atoms with Crippen molar-refractivity contribution < 1.29 is 43.8 Å². The van der Waals surface area contributed by atoms with Crippen LogP contribution in [0.25, 0.3) is 0 Å². The van der Waals surface area contributed by atoms with Crippen LogP contribution in [0.4, 0.5) is 8.78 Å². The molecule has 15 heteroatoms. The van der Waals surface area contributed by atoms with Crippen LogP contribution in [0.1, 0.15) is 51.4 Å². The number of alkyl halides is 3. The number of nitrogens with zero attached hydrogens (tertiary/aromatic N) is 2. The maximum absolute atomic E-state index is 15.1. The van der Waals surface area contributed by atoms with E-state index in [1.807, 2.05) is 0 Å². The van der Waals surface area contributed by atoms with Gasteiger partial charge >= 0.3 is 0 Å².